The van der Waals surface area contributed by atoms with E-state index in [1.54, 1.807) is 0 Å². The van der Waals surface area contributed by atoms with Gasteiger partial charge in [0, 0.05) is 21.6 Å². The number of nitrogens with two attached hydrogens (primary N) is 1. The maximum absolute atomic E-state index is 12.3. The Labute approximate surface area is 167 Å². The van der Waals surface area contributed by atoms with Crippen molar-refractivity contribution >= 4 is 50.1 Å². The molecule has 0 aliphatic rings. The number of nitrogen functional groups attached to an aromatic ring is 1. The molecule has 7 nitrogen and oxygen atoms in total. The molecule has 1 amide bonds. The molecule has 0 aliphatic carbocycles. The Kier molecular flexibility index (Phi) is 5.82. The fourth-order valence-corrected chi connectivity index (χ4v) is 3.22. The van der Waals surface area contributed by atoms with E-state index in [2.05, 4.69) is 31.2 Å². The van der Waals surface area contributed by atoms with Gasteiger partial charge in [0.05, 0.1) is 5.69 Å². The second kappa shape index (κ2) is 8.28. The van der Waals surface area contributed by atoms with Crippen molar-refractivity contribution in [1.82, 2.24) is 9.97 Å². The Hall–Kier alpha value is -2.78. The predicted molar refractivity (Wildman–Crippen MR) is 107 cm³/mol. The zero-order valence-electron chi connectivity index (χ0n) is 14.2. The molecular weight excluding hydrogens is 432 g/mol. The number of thiazole rings is 1. The number of esters is 1. The highest BCUT2D eigenvalue weighted by Gasteiger charge is 2.22. The van der Waals surface area contributed by atoms with Crippen LogP contribution in [0.15, 0.2) is 52.4 Å². The Balaban J connectivity index is 1.63. The first kappa shape index (κ1) is 19.0. The summed E-state index contributed by atoms with van der Waals surface area (Å²) in [4.78, 5) is 32.8. The minimum absolute atomic E-state index is 0.0308. The van der Waals surface area contributed by atoms with Crippen LogP contribution in [0.2, 0.25) is 0 Å². The van der Waals surface area contributed by atoms with Crippen molar-refractivity contribution in [3.05, 3.63) is 58.0 Å². The van der Waals surface area contributed by atoms with Crippen LogP contribution in [0, 0.1) is 0 Å². The largest absolute Gasteiger partial charge is 0.449 e. The number of nitrogens with zero attached hydrogens (tertiary/aromatic N) is 2. The monoisotopic (exact) mass is 446 g/mol. The van der Waals surface area contributed by atoms with E-state index in [1.165, 1.54) is 30.5 Å². The van der Waals surface area contributed by atoms with E-state index in [4.69, 9.17) is 10.5 Å². The van der Waals surface area contributed by atoms with Crippen molar-refractivity contribution in [2.75, 3.05) is 11.1 Å². The summed E-state index contributed by atoms with van der Waals surface area (Å²) in [7, 11) is 0. The molecule has 0 bridgehead atoms. The lowest BCUT2D eigenvalue weighted by Gasteiger charge is -2.13. The molecule has 0 fully saturated rings. The molecule has 0 saturated heterocycles. The summed E-state index contributed by atoms with van der Waals surface area (Å²) in [5, 5.41) is 4.91. The van der Waals surface area contributed by atoms with E-state index in [-0.39, 0.29) is 11.4 Å². The average Bonchev–Trinajstić information content (AvgIpc) is 3.12. The Morgan fingerprint density at radius 2 is 2.04 bits per heavy atom. The number of pyridine rings is 1. The summed E-state index contributed by atoms with van der Waals surface area (Å²) in [5.74, 6) is -1.19. The molecule has 3 aromatic rings. The van der Waals surface area contributed by atoms with E-state index in [0.29, 0.717) is 9.60 Å². The highest BCUT2D eigenvalue weighted by Crippen LogP contribution is 2.25. The second-order valence-electron chi connectivity index (χ2n) is 5.53. The third-order valence-corrected chi connectivity index (χ3v) is 4.75. The van der Waals surface area contributed by atoms with Gasteiger partial charge in [-0.3, -0.25) is 10.1 Å². The first-order valence-corrected chi connectivity index (χ1v) is 9.55. The fraction of sp³-hybridized carbons (Fsp3) is 0.111. The van der Waals surface area contributed by atoms with Crippen LogP contribution in [0.3, 0.4) is 0 Å². The first-order chi connectivity index (χ1) is 12.9. The van der Waals surface area contributed by atoms with E-state index in [9.17, 15) is 9.59 Å². The molecule has 0 unspecified atom stereocenters. The molecule has 0 saturated carbocycles. The molecule has 9 heteroatoms. The SMILES string of the molecule is C[C@@H](OC(=O)c1cc(Br)cnc1N)C(=O)Nc1nc(-c2ccccc2)cs1. The number of rotatable bonds is 5. The Bertz CT molecular complexity index is 978. The summed E-state index contributed by atoms with van der Waals surface area (Å²) >= 11 is 4.50. The number of hydrogen-bond acceptors (Lipinski definition) is 7. The highest BCUT2D eigenvalue weighted by atomic mass is 79.9. The highest BCUT2D eigenvalue weighted by molar-refractivity contribution is 9.10. The molecule has 1 atom stereocenters. The maximum Gasteiger partial charge on any atom is 0.342 e. The number of aromatic nitrogens is 2. The van der Waals surface area contributed by atoms with Gasteiger partial charge in [0.15, 0.2) is 11.2 Å². The molecule has 0 radical (unpaired) electrons. The van der Waals surface area contributed by atoms with Crippen molar-refractivity contribution in [2.45, 2.75) is 13.0 Å². The van der Waals surface area contributed by atoms with Crippen LogP contribution < -0.4 is 11.1 Å². The van der Waals surface area contributed by atoms with Gasteiger partial charge in [-0.15, -0.1) is 11.3 Å². The number of benzene rings is 1. The van der Waals surface area contributed by atoms with Crippen molar-refractivity contribution < 1.29 is 14.3 Å². The lowest BCUT2D eigenvalue weighted by molar-refractivity contribution is -0.123. The molecule has 0 spiro atoms. The Morgan fingerprint density at radius 1 is 1.30 bits per heavy atom. The van der Waals surface area contributed by atoms with Crippen LogP contribution in [0.25, 0.3) is 11.3 Å². The zero-order chi connectivity index (χ0) is 19.4. The normalized spacial score (nSPS) is 11.6. The molecular formula is C18H15BrN4O3S. The quantitative estimate of drug-likeness (QED) is 0.578. The summed E-state index contributed by atoms with van der Waals surface area (Å²) in [6.07, 6.45) is 0.439. The van der Waals surface area contributed by atoms with Crippen molar-refractivity contribution in [2.24, 2.45) is 0 Å². The molecule has 27 heavy (non-hydrogen) atoms. The van der Waals surface area contributed by atoms with E-state index in [1.807, 2.05) is 35.7 Å². The van der Waals surface area contributed by atoms with Gasteiger partial charge in [-0.1, -0.05) is 30.3 Å². The van der Waals surface area contributed by atoms with Crippen molar-refractivity contribution in [3.8, 4) is 11.3 Å². The van der Waals surface area contributed by atoms with Gasteiger partial charge in [0.2, 0.25) is 0 Å². The number of amides is 1. The molecule has 3 N–H and O–H groups in total. The molecule has 0 aliphatic heterocycles. The van der Waals surface area contributed by atoms with Crippen LogP contribution in [0.4, 0.5) is 10.9 Å². The van der Waals surface area contributed by atoms with Crippen LogP contribution in [-0.4, -0.2) is 27.9 Å². The minimum atomic E-state index is -1.03. The van der Waals surface area contributed by atoms with Gasteiger partial charge in [-0.25, -0.2) is 14.8 Å². The second-order valence-corrected chi connectivity index (χ2v) is 7.30. The van der Waals surface area contributed by atoms with Gasteiger partial charge < -0.3 is 10.5 Å². The van der Waals surface area contributed by atoms with Crippen LogP contribution in [0.5, 0.6) is 0 Å². The van der Waals surface area contributed by atoms with Gasteiger partial charge in [0.25, 0.3) is 5.91 Å². The number of halogens is 1. The zero-order valence-corrected chi connectivity index (χ0v) is 16.6. The standard InChI is InChI=1S/C18H15BrN4O3S/c1-10(26-17(25)13-7-12(19)8-21-15(13)20)16(24)23-18-22-14(9-27-18)11-5-3-2-4-6-11/h2-10H,1H3,(H2,20,21)(H,22,23,24)/t10-/m1/s1. The average molecular weight is 447 g/mol. The molecule has 2 heterocycles. The van der Waals surface area contributed by atoms with Crippen molar-refractivity contribution in [1.29, 1.82) is 0 Å². The number of carbonyl (C=O) groups is 2. The van der Waals surface area contributed by atoms with Gasteiger partial charge >= 0.3 is 5.97 Å². The molecule has 2 aromatic heterocycles. The maximum atomic E-state index is 12.3. The third-order valence-electron chi connectivity index (χ3n) is 3.56. The van der Waals surface area contributed by atoms with Crippen LogP contribution >= 0.6 is 27.3 Å². The topological polar surface area (TPSA) is 107 Å². The van der Waals surface area contributed by atoms with E-state index in [0.717, 1.165) is 11.3 Å². The van der Waals surface area contributed by atoms with Gasteiger partial charge in [0.1, 0.15) is 11.4 Å². The van der Waals surface area contributed by atoms with Gasteiger partial charge in [-0.2, -0.15) is 0 Å². The van der Waals surface area contributed by atoms with Crippen molar-refractivity contribution in [3.63, 3.8) is 0 Å². The third kappa shape index (κ3) is 4.69. The fourth-order valence-electron chi connectivity index (χ4n) is 2.17. The predicted octanol–water partition coefficient (Wildman–Crippen LogP) is 3.73. The minimum Gasteiger partial charge on any atom is -0.449 e. The van der Waals surface area contributed by atoms with E-state index >= 15 is 0 Å². The summed E-state index contributed by atoms with van der Waals surface area (Å²) in [6.45, 7) is 1.47. The molecule has 3 rings (SSSR count). The number of nitrogens with one attached hydrogen (secondary N) is 1. The summed E-state index contributed by atoms with van der Waals surface area (Å²) < 4.78 is 5.76. The molecule has 1 aromatic carbocycles. The lowest BCUT2D eigenvalue weighted by atomic mass is 10.2. The number of carbonyl (C=O) groups excluding carboxylic acids is 2. The Morgan fingerprint density at radius 3 is 2.78 bits per heavy atom. The molecule has 138 valence electrons. The number of hydrogen-bond donors (Lipinski definition) is 2. The lowest BCUT2D eigenvalue weighted by Crippen LogP contribution is -2.30. The van der Waals surface area contributed by atoms with E-state index < -0.39 is 18.0 Å². The first-order valence-electron chi connectivity index (χ1n) is 7.88. The summed E-state index contributed by atoms with van der Waals surface area (Å²) in [6, 6.07) is 11.1. The van der Waals surface area contributed by atoms with Crippen LogP contribution in [-0.2, 0) is 9.53 Å². The summed E-state index contributed by atoms with van der Waals surface area (Å²) in [5.41, 5.74) is 7.48. The number of anilines is 2. The smallest absolute Gasteiger partial charge is 0.342 e. The number of ether oxygens (including phenoxy) is 1. The van der Waals surface area contributed by atoms with Gasteiger partial charge in [-0.05, 0) is 28.9 Å². The van der Waals surface area contributed by atoms with Crippen LogP contribution in [0.1, 0.15) is 17.3 Å².